The van der Waals surface area contributed by atoms with Crippen molar-refractivity contribution in [2.24, 2.45) is 0 Å². The molecule has 0 bridgehead atoms. The SMILES string of the molecule is C=C(C)/C=C\C(=C/C)CC.CC(=O)c1ccc(Cl)cc1.CCCC(CC)NC.Cc1ccc(F)cc1. The molecule has 1 atom stereocenters. The molecule has 0 fully saturated rings. The Labute approximate surface area is 225 Å². The summed E-state index contributed by atoms with van der Waals surface area (Å²) in [5.74, 6) is -0.104. The predicted molar refractivity (Wildman–Crippen MR) is 159 cm³/mol. The molecule has 0 aromatic heterocycles. The van der Waals surface area contributed by atoms with Crippen LogP contribution in [0.15, 0.2) is 84.5 Å². The van der Waals surface area contributed by atoms with Gasteiger partial charge in [-0.25, -0.2) is 4.39 Å². The van der Waals surface area contributed by atoms with Crippen molar-refractivity contribution in [1.29, 1.82) is 0 Å². The third-order valence-electron chi connectivity index (χ3n) is 5.16. The minimum Gasteiger partial charge on any atom is -0.317 e. The van der Waals surface area contributed by atoms with Crippen molar-refractivity contribution in [2.75, 3.05) is 7.05 Å². The van der Waals surface area contributed by atoms with E-state index in [-0.39, 0.29) is 11.6 Å². The number of benzene rings is 2. The Morgan fingerprint density at radius 2 is 1.58 bits per heavy atom. The topological polar surface area (TPSA) is 29.1 Å². The quantitative estimate of drug-likeness (QED) is 0.280. The first-order valence-electron chi connectivity index (χ1n) is 12.7. The van der Waals surface area contributed by atoms with Crippen molar-refractivity contribution in [3.8, 4) is 0 Å². The zero-order valence-corrected chi connectivity index (χ0v) is 24.4. The van der Waals surface area contributed by atoms with Crippen LogP contribution < -0.4 is 5.32 Å². The van der Waals surface area contributed by atoms with Crippen molar-refractivity contribution in [3.05, 3.63) is 106 Å². The van der Waals surface area contributed by atoms with Crippen molar-refractivity contribution in [1.82, 2.24) is 5.32 Å². The number of halogens is 2. The molecule has 2 aromatic carbocycles. The van der Waals surface area contributed by atoms with Crippen LogP contribution in [0.5, 0.6) is 0 Å². The Hall–Kier alpha value is -2.49. The van der Waals surface area contributed by atoms with Gasteiger partial charge in [-0.1, -0.05) is 92.4 Å². The number of hydrogen-bond acceptors (Lipinski definition) is 2. The first-order chi connectivity index (χ1) is 17.0. The smallest absolute Gasteiger partial charge is 0.159 e. The molecule has 0 aliphatic carbocycles. The summed E-state index contributed by atoms with van der Waals surface area (Å²) in [6.07, 6.45) is 11.2. The lowest BCUT2D eigenvalue weighted by Crippen LogP contribution is -2.23. The van der Waals surface area contributed by atoms with E-state index in [1.807, 2.05) is 27.0 Å². The van der Waals surface area contributed by atoms with Crippen LogP contribution >= 0.6 is 11.6 Å². The summed E-state index contributed by atoms with van der Waals surface area (Å²) in [6, 6.07) is 14.0. The minimum atomic E-state index is -0.171. The van der Waals surface area contributed by atoms with Crippen LogP contribution in [-0.2, 0) is 0 Å². The summed E-state index contributed by atoms with van der Waals surface area (Å²) in [5.41, 5.74) is 4.26. The van der Waals surface area contributed by atoms with E-state index in [1.165, 1.54) is 43.9 Å². The van der Waals surface area contributed by atoms with E-state index in [4.69, 9.17) is 11.6 Å². The van der Waals surface area contributed by atoms with Gasteiger partial charge in [0.2, 0.25) is 0 Å². The Bertz CT molecular complexity index is 874. The van der Waals surface area contributed by atoms with Crippen LogP contribution in [0.2, 0.25) is 5.02 Å². The third-order valence-corrected chi connectivity index (χ3v) is 5.41. The Balaban J connectivity index is 0. The standard InChI is InChI=1S/C10H16.C8H7ClO.C7H7F.C7H17N/c1-5-10(6-2)8-7-9(3)4;1-6(10)7-2-4-8(9)5-3-7;1-6-2-4-7(8)5-3-6;1-4-6-7(5-2)8-3/h5,7-8H,3,6H2,1-2,4H3;2-5H,1H3;2-5H,1H3;7-8H,4-6H2,1-3H3/b8-7-,10-5-;;;. The minimum absolute atomic E-state index is 0.0664. The van der Waals surface area contributed by atoms with Crippen LogP contribution in [0.4, 0.5) is 4.39 Å². The summed E-state index contributed by atoms with van der Waals surface area (Å²) in [6.45, 7) is 17.9. The maximum Gasteiger partial charge on any atom is 0.159 e. The normalized spacial score (nSPS) is 11.2. The third kappa shape index (κ3) is 20.8. The van der Waals surface area contributed by atoms with E-state index in [0.717, 1.165) is 23.6 Å². The molecule has 0 aliphatic rings. The molecule has 1 unspecified atom stereocenters. The highest BCUT2D eigenvalue weighted by molar-refractivity contribution is 6.30. The second kappa shape index (κ2) is 22.9. The molecule has 2 nitrogen and oxygen atoms in total. The second-order valence-electron chi connectivity index (χ2n) is 8.44. The van der Waals surface area contributed by atoms with Gasteiger partial charge in [0.05, 0.1) is 0 Å². The molecule has 200 valence electrons. The molecular weight excluding hydrogens is 469 g/mol. The number of Topliss-reactive ketones (excluding diaryl/α,β-unsaturated/α-hetero) is 1. The fourth-order valence-corrected chi connectivity index (χ4v) is 2.91. The molecule has 0 saturated carbocycles. The number of hydrogen-bond donors (Lipinski definition) is 1. The highest BCUT2D eigenvalue weighted by atomic mass is 35.5. The first-order valence-corrected chi connectivity index (χ1v) is 13.1. The van der Waals surface area contributed by atoms with E-state index < -0.39 is 0 Å². The monoisotopic (exact) mass is 515 g/mol. The van der Waals surface area contributed by atoms with Gasteiger partial charge in [-0.2, -0.15) is 0 Å². The molecule has 0 saturated heterocycles. The maximum absolute atomic E-state index is 12.1. The van der Waals surface area contributed by atoms with Gasteiger partial charge >= 0.3 is 0 Å². The van der Waals surface area contributed by atoms with Crippen LogP contribution in [0, 0.1) is 12.7 Å². The molecule has 1 N–H and O–H groups in total. The highest BCUT2D eigenvalue weighted by Crippen LogP contribution is 2.09. The van der Waals surface area contributed by atoms with Gasteiger partial charge in [0.15, 0.2) is 5.78 Å². The fraction of sp³-hybridized carbons (Fsp3) is 0.406. The van der Waals surface area contributed by atoms with Crippen molar-refractivity contribution >= 4 is 17.4 Å². The summed E-state index contributed by atoms with van der Waals surface area (Å²) >= 11 is 5.61. The number of aryl methyl sites for hydroxylation is 1. The van der Waals surface area contributed by atoms with Crippen LogP contribution in [0.3, 0.4) is 0 Å². The van der Waals surface area contributed by atoms with Crippen LogP contribution in [0.1, 0.15) is 83.1 Å². The zero-order valence-electron chi connectivity index (χ0n) is 23.6. The zero-order chi connectivity index (χ0) is 27.9. The molecule has 2 rings (SSSR count). The average molecular weight is 516 g/mol. The summed E-state index contributed by atoms with van der Waals surface area (Å²) in [7, 11) is 2.03. The van der Waals surface area contributed by atoms with Crippen molar-refractivity contribution in [2.45, 2.75) is 80.2 Å². The number of carbonyl (C=O) groups excluding carboxylic acids is 1. The molecule has 0 radical (unpaired) electrons. The molecule has 0 spiro atoms. The lowest BCUT2D eigenvalue weighted by Gasteiger charge is -2.10. The van der Waals surface area contributed by atoms with E-state index in [9.17, 15) is 9.18 Å². The first kappa shape index (κ1) is 35.7. The second-order valence-corrected chi connectivity index (χ2v) is 8.87. The lowest BCUT2D eigenvalue weighted by atomic mass is 10.1. The number of rotatable bonds is 8. The summed E-state index contributed by atoms with van der Waals surface area (Å²) < 4.78 is 12.1. The summed E-state index contributed by atoms with van der Waals surface area (Å²) in [4.78, 5) is 10.7. The van der Waals surface area contributed by atoms with Gasteiger partial charge in [-0.3, -0.25) is 4.79 Å². The maximum atomic E-state index is 12.1. The summed E-state index contributed by atoms with van der Waals surface area (Å²) in [5, 5.41) is 3.91. The number of allylic oxidation sites excluding steroid dienone is 5. The molecular formula is C32H47ClFNO. The van der Waals surface area contributed by atoms with E-state index >= 15 is 0 Å². The van der Waals surface area contributed by atoms with Crippen molar-refractivity contribution in [3.63, 3.8) is 0 Å². The van der Waals surface area contributed by atoms with E-state index in [0.29, 0.717) is 10.6 Å². The van der Waals surface area contributed by atoms with E-state index in [2.05, 4.69) is 51.7 Å². The van der Waals surface area contributed by atoms with E-state index in [1.54, 1.807) is 36.4 Å². The highest BCUT2D eigenvalue weighted by Gasteiger charge is 1.98. The van der Waals surface area contributed by atoms with Gasteiger partial charge in [0.1, 0.15) is 5.82 Å². The number of nitrogens with one attached hydrogen (secondary N) is 1. The van der Waals surface area contributed by atoms with Gasteiger partial charge in [0, 0.05) is 16.6 Å². The molecule has 4 heteroatoms. The largest absolute Gasteiger partial charge is 0.317 e. The molecule has 36 heavy (non-hydrogen) atoms. The van der Waals surface area contributed by atoms with Crippen molar-refractivity contribution < 1.29 is 9.18 Å². The average Bonchev–Trinajstić information content (AvgIpc) is 2.86. The van der Waals surface area contributed by atoms with Crippen LogP contribution in [-0.4, -0.2) is 18.9 Å². The van der Waals surface area contributed by atoms with Gasteiger partial charge in [-0.05, 0) is 90.4 Å². The Kier molecular flexibility index (Phi) is 22.7. The predicted octanol–water partition coefficient (Wildman–Crippen LogP) is 9.94. The van der Waals surface area contributed by atoms with Gasteiger partial charge in [-0.15, -0.1) is 0 Å². The molecule has 2 aromatic rings. The van der Waals surface area contributed by atoms with Crippen LogP contribution in [0.25, 0.3) is 0 Å². The molecule has 0 heterocycles. The molecule has 0 aliphatic heterocycles. The molecule has 0 amide bonds. The lowest BCUT2D eigenvalue weighted by molar-refractivity contribution is 0.101. The number of carbonyl (C=O) groups is 1. The fourth-order valence-electron chi connectivity index (χ4n) is 2.79. The van der Waals surface area contributed by atoms with Gasteiger partial charge in [0.25, 0.3) is 0 Å². The Morgan fingerprint density at radius 3 is 1.89 bits per heavy atom. The Morgan fingerprint density at radius 1 is 1.03 bits per heavy atom. The van der Waals surface area contributed by atoms with Gasteiger partial charge < -0.3 is 5.32 Å². The number of ketones is 1.